The molecule has 0 bridgehead atoms. The first kappa shape index (κ1) is 16.4. The van der Waals surface area contributed by atoms with Gasteiger partial charge in [0.25, 0.3) is 5.91 Å². The highest BCUT2D eigenvalue weighted by molar-refractivity contribution is 5.82. The van der Waals surface area contributed by atoms with Crippen molar-refractivity contribution >= 4 is 5.91 Å². The Kier molecular flexibility index (Phi) is 5.65. The zero-order valence-corrected chi connectivity index (χ0v) is 13.9. The summed E-state index contributed by atoms with van der Waals surface area (Å²) in [4.78, 5) is 17.2. The lowest BCUT2D eigenvalue weighted by Crippen LogP contribution is -2.51. The first-order chi connectivity index (χ1) is 11.3. The number of benzene rings is 1. The molecule has 1 aromatic carbocycles. The van der Waals surface area contributed by atoms with Crippen LogP contribution in [0.4, 0.5) is 0 Å². The predicted octanol–water partition coefficient (Wildman–Crippen LogP) is 1.27. The molecule has 1 aromatic rings. The number of hydrogen-bond acceptors (Lipinski definition) is 4. The summed E-state index contributed by atoms with van der Waals surface area (Å²) in [5.74, 6) is 0.00426. The molecule has 5 heteroatoms. The van der Waals surface area contributed by atoms with Crippen LogP contribution in [0.25, 0.3) is 0 Å². The lowest BCUT2D eigenvalue weighted by molar-refractivity contribution is -0.144. The van der Waals surface area contributed by atoms with Gasteiger partial charge in [0.2, 0.25) is 0 Å². The average Bonchev–Trinajstić information content (AvgIpc) is 3.08. The Morgan fingerprint density at radius 2 is 1.96 bits per heavy atom. The third-order valence-electron chi connectivity index (χ3n) is 4.83. The van der Waals surface area contributed by atoms with Gasteiger partial charge in [0.1, 0.15) is 0 Å². The van der Waals surface area contributed by atoms with E-state index in [1.54, 1.807) is 0 Å². The standard InChI is InChI=1S/C18H27N3O2/c1-20-13-14-23-17(16(20)15-7-3-2-4-8-15)18(22)19-9-12-21-10-5-6-11-21/h2-4,7-8,16-17H,5-6,9-14H2,1H3,(H,19,22)/t16-,17+/m0/s1. The highest BCUT2D eigenvalue weighted by Gasteiger charge is 2.36. The molecule has 0 aliphatic carbocycles. The van der Waals surface area contributed by atoms with Crippen LogP contribution in [-0.4, -0.2) is 68.2 Å². The van der Waals surface area contributed by atoms with E-state index >= 15 is 0 Å². The average molecular weight is 317 g/mol. The van der Waals surface area contributed by atoms with Crippen molar-refractivity contribution < 1.29 is 9.53 Å². The first-order valence-corrected chi connectivity index (χ1v) is 8.62. The van der Waals surface area contributed by atoms with Crippen LogP contribution in [0.15, 0.2) is 30.3 Å². The molecule has 0 saturated carbocycles. The summed E-state index contributed by atoms with van der Waals surface area (Å²) in [6.45, 7) is 5.39. The van der Waals surface area contributed by atoms with Gasteiger partial charge in [-0.2, -0.15) is 0 Å². The van der Waals surface area contributed by atoms with Gasteiger partial charge in [-0.15, -0.1) is 0 Å². The van der Waals surface area contributed by atoms with Gasteiger partial charge in [-0.3, -0.25) is 9.69 Å². The Balaban J connectivity index is 1.59. The molecule has 0 spiro atoms. The molecule has 2 atom stereocenters. The fourth-order valence-corrected chi connectivity index (χ4v) is 3.53. The molecule has 3 rings (SSSR count). The van der Waals surface area contributed by atoms with Crippen molar-refractivity contribution in [3.8, 4) is 0 Å². The van der Waals surface area contributed by atoms with E-state index in [0.717, 1.165) is 31.7 Å². The van der Waals surface area contributed by atoms with Crippen LogP contribution in [0.1, 0.15) is 24.4 Å². The molecule has 2 heterocycles. The van der Waals surface area contributed by atoms with E-state index in [2.05, 4.69) is 34.3 Å². The van der Waals surface area contributed by atoms with E-state index in [1.165, 1.54) is 12.8 Å². The summed E-state index contributed by atoms with van der Waals surface area (Å²) in [5.41, 5.74) is 1.13. The molecule has 2 aliphatic rings. The normalized spacial score (nSPS) is 26.3. The lowest BCUT2D eigenvalue weighted by Gasteiger charge is -2.38. The Morgan fingerprint density at radius 1 is 1.22 bits per heavy atom. The third kappa shape index (κ3) is 4.10. The van der Waals surface area contributed by atoms with Crippen molar-refractivity contribution in [1.82, 2.24) is 15.1 Å². The molecule has 1 amide bonds. The molecule has 0 aromatic heterocycles. The number of carbonyl (C=O) groups excluding carboxylic acids is 1. The predicted molar refractivity (Wildman–Crippen MR) is 90.2 cm³/mol. The highest BCUT2D eigenvalue weighted by Crippen LogP contribution is 2.28. The van der Waals surface area contributed by atoms with Gasteiger partial charge in [0.05, 0.1) is 12.6 Å². The molecule has 2 fully saturated rings. The molecule has 1 N–H and O–H groups in total. The number of ether oxygens (including phenoxy) is 1. The first-order valence-electron chi connectivity index (χ1n) is 8.62. The van der Waals surface area contributed by atoms with Crippen molar-refractivity contribution in [2.45, 2.75) is 25.0 Å². The summed E-state index contributed by atoms with van der Waals surface area (Å²) >= 11 is 0. The van der Waals surface area contributed by atoms with E-state index in [0.29, 0.717) is 13.2 Å². The molecular formula is C18H27N3O2. The Hall–Kier alpha value is -1.43. The quantitative estimate of drug-likeness (QED) is 0.888. The topological polar surface area (TPSA) is 44.8 Å². The molecule has 0 radical (unpaired) electrons. The molecule has 126 valence electrons. The van der Waals surface area contributed by atoms with E-state index in [9.17, 15) is 4.79 Å². The second-order valence-electron chi connectivity index (χ2n) is 6.47. The van der Waals surface area contributed by atoms with Crippen LogP contribution in [0.2, 0.25) is 0 Å². The largest absolute Gasteiger partial charge is 0.365 e. The van der Waals surface area contributed by atoms with Crippen LogP contribution >= 0.6 is 0 Å². The molecule has 5 nitrogen and oxygen atoms in total. The van der Waals surface area contributed by atoms with Crippen molar-refractivity contribution in [2.75, 3.05) is 46.4 Å². The number of rotatable bonds is 5. The smallest absolute Gasteiger partial charge is 0.251 e. The molecule has 23 heavy (non-hydrogen) atoms. The fourth-order valence-electron chi connectivity index (χ4n) is 3.53. The third-order valence-corrected chi connectivity index (χ3v) is 4.83. The molecule has 0 unspecified atom stereocenters. The second kappa shape index (κ2) is 7.90. The van der Waals surface area contributed by atoms with Gasteiger partial charge < -0.3 is 15.0 Å². The number of likely N-dealkylation sites (N-methyl/N-ethyl adjacent to an activating group) is 1. The van der Waals surface area contributed by atoms with E-state index in [4.69, 9.17) is 4.74 Å². The summed E-state index contributed by atoms with van der Waals surface area (Å²) in [6, 6.07) is 10.1. The number of carbonyl (C=O) groups is 1. The fraction of sp³-hybridized carbons (Fsp3) is 0.611. The van der Waals surface area contributed by atoms with Crippen LogP contribution in [-0.2, 0) is 9.53 Å². The molecular weight excluding hydrogens is 290 g/mol. The summed E-state index contributed by atoms with van der Waals surface area (Å²) in [5, 5.41) is 3.07. The second-order valence-corrected chi connectivity index (χ2v) is 6.47. The number of amides is 1. The van der Waals surface area contributed by atoms with Gasteiger partial charge in [0, 0.05) is 19.6 Å². The minimum absolute atomic E-state index is 0.00426. The minimum atomic E-state index is -0.435. The van der Waals surface area contributed by atoms with E-state index in [1.807, 2.05) is 18.2 Å². The van der Waals surface area contributed by atoms with Gasteiger partial charge in [-0.1, -0.05) is 30.3 Å². The number of nitrogens with one attached hydrogen (secondary N) is 1. The zero-order chi connectivity index (χ0) is 16.1. The van der Waals surface area contributed by atoms with Crippen molar-refractivity contribution in [2.24, 2.45) is 0 Å². The van der Waals surface area contributed by atoms with Gasteiger partial charge in [-0.05, 0) is 38.5 Å². The highest BCUT2D eigenvalue weighted by atomic mass is 16.5. The summed E-state index contributed by atoms with van der Waals surface area (Å²) < 4.78 is 5.83. The van der Waals surface area contributed by atoms with Crippen molar-refractivity contribution in [1.29, 1.82) is 0 Å². The number of hydrogen-bond donors (Lipinski definition) is 1. The summed E-state index contributed by atoms with van der Waals surface area (Å²) in [7, 11) is 2.06. The number of nitrogens with zero attached hydrogens (tertiary/aromatic N) is 2. The van der Waals surface area contributed by atoms with Crippen molar-refractivity contribution in [3.05, 3.63) is 35.9 Å². The monoisotopic (exact) mass is 317 g/mol. The SMILES string of the molecule is CN1CCO[C@@H](C(=O)NCCN2CCCC2)[C@@H]1c1ccccc1. The maximum absolute atomic E-state index is 12.6. The van der Waals surface area contributed by atoms with E-state index in [-0.39, 0.29) is 11.9 Å². The van der Waals surface area contributed by atoms with Crippen LogP contribution in [0.3, 0.4) is 0 Å². The minimum Gasteiger partial charge on any atom is -0.365 e. The molecule has 2 saturated heterocycles. The number of likely N-dealkylation sites (tertiary alicyclic amines) is 1. The Bertz CT molecular complexity index is 502. The lowest BCUT2D eigenvalue weighted by atomic mass is 9.98. The maximum atomic E-state index is 12.6. The van der Waals surface area contributed by atoms with Gasteiger partial charge >= 0.3 is 0 Å². The summed E-state index contributed by atoms with van der Waals surface area (Å²) in [6.07, 6.45) is 2.12. The van der Waals surface area contributed by atoms with Gasteiger partial charge in [0.15, 0.2) is 6.10 Å². The van der Waals surface area contributed by atoms with Gasteiger partial charge in [-0.25, -0.2) is 0 Å². The zero-order valence-electron chi connectivity index (χ0n) is 13.9. The van der Waals surface area contributed by atoms with E-state index < -0.39 is 6.10 Å². The van der Waals surface area contributed by atoms with Crippen LogP contribution in [0.5, 0.6) is 0 Å². The Morgan fingerprint density at radius 3 is 2.70 bits per heavy atom. The van der Waals surface area contributed by atoms with Crippen LogP contribution < -0.4 is 5.32 Å². The number of morpholine rings is 1. The van der Waals surface area contributed by atoms with Crippen LogP contribution in [0, 0.1) is 0 Å². The Labute approximate surface area is 138 Å². The molecule has 2 aliphatic heterocycles. The maximum Gasteiger partial charge on any atom is 0.251 e. The van der Waals surface area contributed by atoms with Crippen molar-refractivity contribution in [3.63, 3.8) is 0 Å².